The topological polar surface area (TPSA) is 50.5 Å². The van der Waals surface area contributed by atoms with Gasteiger partial charge in [0.2, 0.25) is 5.91 Å². The number of fused-ring (bicyclic) bond motifs is 1. The van der Waals surface area contributed by atoms with E-state index < -0.39 is 0 Å². The summed E-state index contributed by atoms with van der Waals surface area (Å²) in [4.78, 5) is 15.3. The van der Waals surface area contributed by atoms with Crippen molar-refractivity contribution in [2.45, 2.75) is 24.1 Å². The second kappa shape index (κ2) is 8.94. The molecule has 156 valence electrons. The van der Waals surface area contributed by atoms with E-state index in [1.54, 1.807) is 11.8 Å². The van der Waals surface area contributed by atoms with Crippen LogP contribution < -0.4 is 0 Å². The molecule has 0 radical (unpaired) electrons. The SMILES string of the molecule is O=C(CSC(c1ccccc1)c1ccccc1)N1CCC[C@@H]1c1nnc2ccccn12. The minimum absolute atomic E-state index is 0.0163. The third-order valence-corrected chi connectivity index (χ3v) is 7.08. The summed E-state index contributed by atoms with van der Waals surface area (Å²) in [5, 5.41) is 8.82. The summed E-state index contributed by atoms with van der Waals surface area (Å²) in [7, 11) is 0. The van der Waals surface area contributed by atoms with Gasteiger partial charge in [-0.3, -0.25) is 9.20 Å². The normalized spacial score (nSPS) is 16.3. The molecule has 0 N–H and O–H groups in total. The predicted molar refractivity (Wildman–Crippen MR) is 124 cm³/mol. The molecule has 0 unspecified atom stereocenters. The summed E-state index contributed by atoms with van der Waals surface area (Å²) in [5.41, 5.74) is 3.25. The molecule has 1 atom stereocenters. The summed E-state index contributed by atoms with van der Waals surface area (Å²) in [6.45, 7) is 0.771. The second-order valence-corrected chi connectivity index (χ2v) is 8.84. The predicted octanol–water partition coefficient (Wildman–Crippen LogP) is 4.92. The lowest BCUT2D eigenvalue weighted by atomic mass is 10.0. The van der Waals surface area contributed by atoms with Gasteiger partial charge in [-0.05, 0) is 36.1 Å². The van der Waals surface area contributed by atoms with Crippen molar-refractivity contribution in [3.05, 3.63) is 102 Å². The number of aromatic nitrogens is 3. The van der Waals surface area contributed by atoms with Crippen molar-refractivity contribution in [1.82, 2.24) is 19.5 Å². The van der Waals surface area contributed by atoms with E-state index in [0.29, 0.717) is 5.75 Å². The second-order valence-electron chi connectivity index (χ2n) is 7.74. The quantitative estimate of drug-likeness (QED) is 0.438. The Kier molecular flexibility index (Phi) is 5.71. The Balaban J connectivity index is 1.35. The average Bonchev–Trinajstić information content (AvgIpc) is 3.47. The summed E-state index contributed by atoms with van der Waals surface area (Å²) in [6.07, 6.45) is 3.89. The number of pyridine rings is 1. The number of amides is 1. The smallest absolute Gasteiger partial charge is 0.233 e. The molecule has 0 saturated carbocycles. The van der Waals surface area contributed by atoms with Gasteiger partial charge < -0.3 is 4.90 Å². The molecule has 3 heterocycles. The third-order valence-electron chi connectivity index (χ3n) is 5.79. The fourth-order valence-corrected chi connectivity index (χ4v) is 5.47. The van der Waals surface area contributed by atoms with Crippen LogP contribution in [0.15, 0.2) is 85.1 Å². The van der Waals surface area contributed by atoms with E-state index in [2.05, 4.69) is 58.7 Å². The fraction of sp³-hybridized carbons (Fsp3) is 0.240. The molecule has 0 bridgehead atoms. The maximum atomic E-state index is 13.3. The highest BCUT2D eigenvalue weighted by Gasteiger charge is 2.33. The molecule has 0 spiro atoms. The molecule has 5 nitrogen and oxygen atoms in total. The number of hydrogen-bond acceptors (Lipinski definition) is 4. The first-order valence-electron chi connectivity index (χ1n) is 10.6. The first-order valence-corrected chi connectivity index (χ1v) is 11.7. The number of hydrogen-bond donors (Lipinski definition) is 0. The van der Waals surface area contributed by atoms with Gasteiger partial charge >= 0.3 is 0 Å². The molecular formula is C25H24N4OS. The molecule has 6 heteroatoms. The zero-order chi connectivity index (χ0) is 21.0. The molecule has 2 aromatic carbocycles. The highest BCUT2D eigenvalue weighted by Crippen LogP contribution is 2.37. The summed E-state index contributed by atoms with van der Waals surface area (Å²) in [5.74, 6) is 1.45. The Morgan fingerprint density at radius 3 is 2.32 bits per heavy atom. The minimum Gasteiger partial charge on any atom is -0.332 e. The van der Waals surface area contributed by atoms with E-state index in [4.69, 9.17) is 0 Å². The molecule has 31 heavy (non-hydrogen) atoms. The number of rotatable bonds is 6. The Labute approximate surface area is 186 Å². The van der Waals surface area contributed by atoms with E-state index in [9.17, 15) is 4.79 Å². The lowest BCUT2D eigenvalue weighted by Crippen LogP contribution is -2.33. The number of benzene rings is 2. The Hall–Kier alpha value is -3.12. The van der Waals surface area contributed by atoms with Crippen LogP contribution in [0.5, 0.6) is 0 Å². The monoisotopic (exact) mass is 428 g/mol. The van der Waals surface area contributed by atoms with E-state index >= 15 is 0 Å². The molecular weight excluding hydrogens is 404 g/mol. The maximum absolute atomic E-state index is 13.3. The average molecular weight is 429 g/mol. The van der Waals surface area contributed by atoms with Crippen molar-refractivity contribution in [2.75, 3.05) is 12.3 Å². The number of likely N-dealkylation sites (tertiary alicyclic amines) is 1. The zero-order valence-corrected chi connectivity index (χ0v) is 18.0. The molecule has 1 fully saturated rings. The van der Waals surface area contributed by atoms with Gasteiger partial charge in [0.15, 0.2) is 11.5 Å². The van der Waals surface area contributed by atoms with Gasteiger partial charge in [0.1, 0.15) is 0 Å². The van der Waals surface area contributed by atoms with Gasteiger partial charge in [0.25, 0.3) is 0 Å². The summed E-state index contributed by atoms with van der Waals surface area (Å²) in [6, 6.07) is 26.7. The van der Waals surface area contributed by atoms with E-state index in [1.165, 1.54) is 11.1 Å². The summed E-state index contributed by atoms with van der Waals surface area (Å²) < 4.78 is 2.00. The van der Waals surface area contributed by atoms with Crippen molar-refractivity contribution >= 4 is 23.3 Å². The summed E-state index contributed by atoms with van der Waals surface area (Å²) >= 11 is 1.69. The van der Waals surface area contributed by atoms with Crippen molar-refractivity contribution in [1.29, 1.82) is 0 Å². The van der Waals surface area contributed by atoms with Crippen LogP contribution in [0.2, 0.25) is 0 Å². The first kappa shape index (κ1) is 19.8. The van der Waals surface area contributed by atoms with Crippen molar-refractivity contribution < 1.29 is 4.79 Å². The van der Waals surface area contributed by atoms with Crippen molar-refractivity contribution in [3.63, 3.8) is 0 Å². The Bertz CT molecular complexity index is 1120. The maximum Gasteiger partial charge on any atom is 0.233 e. The first-order chi connectivity index (χ1) is 15.3. The Morgan fingerprint density at radius 2 is 1.61 bits per heavy atom. The van der Waals surface area contributed by atoms with Gasteiger partial charge in [-0.15, -0.1) is 22.0 Å². The van der Waals surface area contributed by atoms with Crippen LogP contribution >= 0.6 is 11.8 Å². The molecule has 2 aromatic heterocycles. The number of carbonyl (C=O) groups excluding carboxylic acids is 1. The number of carbonyl (C=O) groups is 1. The molecule has 0 aliphatic carbocycles. The fourth-order valence-electron chi connectivity index (χ4n) is 4.30. The Morgan fingerprint density at radius 1 is 0.935 bits per heavy atom. The molecule has 1 aliphatic rings. The lowest BCUT2D eigenvalue weighted by Gasteiger charge is -2.25. The molecule has 1 saturated heterocycles. The van der Waals surface area contributed by atoms with Gasteiger partial charge in [-0.1, -0.05) is 66.7 Å². The van der Waals surface area contributed by atoms with Crippen LogP contribution in [-0.2, 0) is 4.79 Å². The zero-order valence-electron chi connectivity index (χ0n) is 17.2. The van der Waals surface area contributed by atoms with Crippen LogP contribution in [0.4, 0.5) is 0 Å². The largest absolute Gasteiger partial charge is 0.332 e. The molecule has 5 rings (SSSR count). The number of thioether (sulfide) groups is 1. The molecule has 1 amide bonds. The van der Waals surface area contributed by atoms with Crippen LogP contribution in [0.3, 0.4) is 0 Å². The van der Waals surface area contributed by atoms with Crippen LogP contribution in [0, 0.1) is 0 Å². The standard InChI is InChI=1S/C25H24N4OS/c30-23(18-31-24(19-10-3-1-4-11-19)20-12-5-2-6-13-20)28-17-9-14-21(28)25-27-26-22-15-7-8-16-29(22)25/h1-8,10-13,15-16,21,24H,9,14,17-18H2/t21-/m1/s1. The van der Waals surface area contributed by atoms with Gasteiger partial charge in [-0.2, -0.15) is 0 Å². The van der Waals surface area contributed by atoms with Crippen LogP contribution in [0.1, 0.15) is 41.1 Å². The minimum atomic E-state index is -0.0163. The molecule has 1 aliphatic heterocycles. The van der Waals surface area contributed by atoms with Crippen molar-refractivity contribution in [3.8, 4) is 0 Å². The molecule has 4 aromatic rings. The third kappa shape index (κ3) is 4.08. The van der Waals surface area contributed by atoms with Crippen LogP contribution in [-0.4, -0.2) is 37.7 Å². The van der Waals surface area contributed by atoms with Gasteiger partial charge in [0.05, 0.1) is 17.0 Å². The number of nitrogens with zero attached hydrogens (tertiary/aromatic N) is 4. The highest BCUT2D eigenvalue weighted by atomic mass is 32.2. The van der Waals surface area contributed by atoms with E-state index in [1.807, 2.05) is 45.8 Å². The highest BCUT2D eigenvalue weighted by molar-refractivity contribution is 8.00. The van der Waals surface area contributed by atoms with E-state index in [0.717, 1.165) is 30.9 Å². The van der Waals surface area contributed by atoms with Crippen LogP contribution in [0.25, 0.3) is 5.65 Å². The van der Waals surface area contributed by atoms with Gasteiger partial charge in [-0.25, -0.2) is 0 Å². The van der Waals surface area contributed by atoms with Gasteiger partial charge in [0, 0.05) is 12.7 Å². The van der Waals surface area contributed by atoms with Crippen molar-refractivity contribution in [2.24, 2.45) is 0 Å². The lowest BCUT2D eigenvalue weighted by molar-refractivity contribution is -0.129. The van der Waals surface area contributed by atoms with E-state index in [-0.39, 0.29) is 17.2 Å².